The minimum Gasteiger partial charge on any atom is -0.357 e. The summed E-state index contributed by atoms with van der Waals surface area (Å²) in [4.78, 5) is 30.2. The molecule has 5 atom stereocenters. The van der Waals surface area contributed by atoms with Crippen LogP contribution in [0.15, 0.2) is 24.3 Å². The van der Waals surface area contributed by atoms with Gasteiger partial charge in [-0.2, -0.15) is 0 Å². The van der Waals surface area contributed by atoms with Crippen molar-refractivity contribution in [1.82, 2.24) is 15.5 Å². The molecular formula is C29H44N4O2. The molecule has 1 aromatic rings. The molecule has 35 heavy (non-hydrogen) atoms. The predicted molar refractivity (Wildman–Crippen MR) is 140 cm³/mol. The highest BCUT2D eigenvalue weighted by Crippen LogP contribution is 2.43. The van der Waals surface area contributed by atoms with Crippen LogP contribution in [0.3, 0.4) is 0 Å². The van der Waals surface area contributed by atoms with Crippen molar-refractivity contribution in [3.05, 3.63) is 29.8 Å². The zero-order chi connectivity index (χ0) is 24.2. The second-order valence-corrected chi connectivity index (χ2v) is 11.7. The average Bonchev–Trinajstić information content (AvgIpc) is 2.86. The minimum atomic E-state index is -0.00456. The summed E-state index contributed by atoms with van der Waals surface area (Å²) in [6, 6.07) is 8.59. The van der Waals surface area contributed by atoms with Gasteiger partial charge in [0.25, 0.3) is 0 Å². The van der Waals surface area contributed by atoms with Crippen molar-refractivity contribution in [3.8, 4) is 0 Å². The van der Waals surface area contributed by atoms with Crippen LogP contribution in [0.5, 0.6) is 0 Å². The van der Waals surface area contributed by atoms with E-state index in [2.05, 4.69) is 51.6 Å². The number of nitrogens with zero attached hydrogens (tertiary/aromatic N) is 2. The molecule has 2 amide bonds. The van der Waals surface area contributed by atoms with Gasteiger partial charge >= 0.3 is 0 Å². The maximum atomic E-state index is 13.2. The highest BCUT2D eigenvalue weighted by atomic mass is 16.2. The van der Waals surface area contributed by atoms with Crippen LogP contribution in [0.1, 0.15) is 69.8 Å². The molecule has 6 heteroatoms. The molecular weight excluding hydrogens is 436 g/mol. The molecule has 0 aromatic heterocycles. The van der Waals surface area contributed by atoms with Crippen LogP contribution in [0.2, 0.25) is 0 Å². The van der Waals surface area contributed by atoms with E-state index in [4.69, 9.17) is 0 Å². The third kappa shape index (κ3) is 6.19. The summed E-state index contributed by atoms with van der Waals surface area (Å²) in [6.45, 7) is 6.79. The lowest BCUT2D eigenvalue weighted by Gasteiger charge is -2.45. The third-order valence-electron chi connectivity index (χ3n) is 9.14. The topological polar surface area (TPSA) is 64.7 Å². The molecule has 2 N–H and O–H groups in total. The maximum absolute atomic E-state index is 13.2. The lowest BCUT2D eigenvalue weighted by molar-refractivity contribution is -0.125. The van der Waals surface area contributed by atoms with Crippen molar-refractivity contribution in [1.29, 1.82) is 0 Å². The summed E-state index contributed by atoms with van der Waals surface area (Å²) in [5, 5.41) is 6.44. The number of carbonyl (C=O) groups excluding carboxylic acids is 2. The van der Waals surface area contributed by atoms with Crippen LogP contribution in [0.4, 0.5) is 5.69 Å². The van der Waals surface area contributed by atoms with Crippen molar-refractivity contribution in [2.45, 2.75) is 83.2 Å². The van der Waals surface area contributed by atoms with Crippen LogP contribution in [-0.2, 0) is 9.59 Å². The molecule has 0 spiro atoms. The molecule has 4 aliphatic rings. The number of anilines is 1. The smallest absolute Gasteiger partial charge is 0.239 e. The average molecular weight is 481 g/mol. The Morgan fingerprint density at radius 1 is 1.03 bits per heavy atom. The van der Waals surface area contributed by atoms with Gasteiger partial charge in [-0.15, -0.1) is 0 Å². The summed E-state index contributed by atoms with van der Waals surface area (Å²) in [6.07, 6.45) is 12.2. The first-order chi connectivity index (χ1) is 17.0. The largest absolute Gasteiger partial charge is 0.357 e. The Balaban J connectivity index is 1.15. The number of benzene rings is 1. The fourth-order valence-corrected chi connectivity index (χ4v) is 7.29. The molecule has 5 rings (SSSR count). The van der Waals surface area contributed by atoms with Gasteiger partial charge in [0.2, 0.25) is 11.8 Å². The number of carbonyl (C=O) groups is 2. The van der Waals surface area contributed by atoms with Gasteiger partial charge in [-0.05, 0) is 88.4 Å². The number of likely N-dealkylation sites (tertiary alicyclic amines) is 1. The second kappa shape index (κ2) is 11.3. The van der Waals surface area contributed by atoms with Gasteiger partial charge in [-0.25, -0.2) is 0 Å². The Morgan fingerprint density at radius 2 is 1.83 bits per heavy atom. The van der Waals surface area contributed by atoms with Crippen LogP contribution in [0, 0.1) is 24.7 Å². The van der Waals surface area contributed by atoms with Crippen LogP contribution in [-0.4, -0.2) is 61.5 Å². The molecule has 2 saturated carbocycles. The van der Waals surface area contributed by atoms with E-state index in [0.29, 0.717) is 31.5 Å². The van der Waals surface area contributed by atoms with Crippen molar-refractivity contribution in [3.63, 3.8) is 0 Å². The Bertz CT molecular complexity index is 866. The molecule has 2 aliphatic carbocycles. The number of hydrogen-bond acceptors (Lipinski definition) is 4. The van der Waals surface area contributed by atoms with E-state index in [1.54, 1.807) is 0 Å². The van der Waals surface area contributed by atoms with Gasteiger partial charge in [0, 0.05) is 31.2 Å². The van der Waals surface area contributed by atoms with Gasteiger partial charge in [-0.1, -0.05) is 37.0 Å². The summed E-state index contributed by atoms with van der Waals surface area (Å²) >= 11 is 0. The first-order valence-corrected chi connectivity index (χ1v) is 14.2. The molecule has 0 bridgehead atoms. The first kappa shape index (κ1) is 24.6. The van der Waals surface area contributed by atoms with Gasteiger partial charge in [-0.3, -0.25) is 9.59 Å². The van der Waals surface area contributed by atoms with E-state index in [1.807, 2.05) is 0 Å². The SMILES string of the molecule is Cc1ccc(N2CC(=O)NC[C@H]2CC(=O)N[C@@H]2CCC[C@@H]3C[C@H](CN4CCCCC4)CC[C@H]32)cc1. The van der Waals surface area contributed by atoms with Gasteiger partial charge in [0.15, 0.2) is 0 Å². The minimum absolute atomic E-state index is 0.00456. The highest BCUT2D eigenvalue weighted by Gasteiger charge is 2.39. The quantitative estimate of drug-likeness (QED) is 0.649. The van der Waals surface area contributed by atoms with E-state index < -0.39 is 0 Å². The van der Waals surface area contributed by atoms with E-state index in [0.717, 1.165) is 23.9 Å². The molecule has 2 saturated heterocycles. The predicted octanol–water partition coefficient (Wildman–Crippen LogP) is 3.88. The Morgan fingerprint density at radius 3 is 2.63 bits per heavy atom. The molecule has 2 heterocycles. The monoisotopic (exact) mass is 480 g/mol. The van der Waals surface area contributed by atoms with E-state index in [9.17, 15) is 9.59 Å². The van der Waals surface area contributed by atoms with Crippen molar-refractivity contribution in [2.75, 3.05) is 37.6 Å². The van der Waals surface area contributed by atoms with Crippen molar-refractivity contribution < 1.29 is 9.59 Å². The van der Waals surface area contributed by atoms with E-state index in [1.165, 1.54) is 76.6 Å². The third-order valence-corrected chi connectivity index (χ3v) is 9.14. The standard InChI is InChI=1S/C29H44N4O2/c1-21-8-11-24(12-9-21)33-20-29(35)30-18-25(33)17-28(34)31-27-7-5-6-23-16-22(10-13-26(23)27)19-32-14-3-2-4-15-32/h8-9,11-12,22-23,25-27H,2-7,10,13-20H2,1H3,(H,30,35)(H,31,34)/t22-,23-,25-,26-,27-/m1/s1. The summed E-state index contributed by atoms with van der Waals surface area (Å²) in [5.74, 6) is 2.43. The highest BCUT2D eigenvalue weighted by molar-refractivity contribution is 5.84. The molecule has 0 radical (unpaired) electrons. The number of piperazine rings is 1. The second-order valence-electron chi connectivity index (χ2n) is 11.7. The normalized spacial score (nSPS) is 32.0. The number of aryl methyl sites for hydroxylation is 1. The number of hydrogen-bond donors (Lipinski definition) is 2. The summed E-state index contributed by atoms with van der Waals surface area (Å²) in [7, 11) is 0. The zero-order valence-corrected chi connectivity index (χ0v) is 21.5. The molecule has 192 valence electrons. The van der Waals surface area contributed by atoms with Crippen LogP contribution >= 0.6 is 0 Å². The lowest BCUT2D eigenvalue weighted by Crippen LogP contribution is -2.56. The Hall–Kier alpha value is -2.08. The Kier molecular flexibility index (Phi) is 7.96. The molecule has 6 nitrogen and oxygen atoms in total. The molecule has 4 fully saturated rings. The lowest BCUT2D eigenvalue weighted by atomic mass is 9.65. The number of fused-ring (bicyclic) bond motifs is 1. The number of piperidine rings is 1. The summed E-state index contributed by atoms with van der Waals surface area (Å²) < 4.78 is 0. The number of rotatable bonds is 6. The van der Waals surface area contributed by atoms with Gasteiger partial charge in [0.1, 0.15) is 0 Å². The summed E-state index contributed by atoms with van der Waals surface area (Å²) in [5.41, 5.74) is 2.22. The van der Waals surface area contributed by atoms with Crippen molar-refractivity contribution in [2.24, 2.45) is 17.8 Å². The number of nitrogens with one attached hydrogen (secondary N) is 2. The van der Waals surface area contributed by atoms with Crippen molar-refractivity contribution >= 4 is 17.5 Å². The molecule has 1 aromatic carbocycles. The fraction of sp³-hybridized carbons (Fsp3) is 0.724. The van der Waals surface area contributed by atoms with Crippen LogP contribution in [0.25, 0.3) is 0 Å². The molecule has 0 unspecified atom stereocenters. The van der Waals surface area contributed by atoms with E-state index >= 15 is 0 Å². The van der Waals surface area contributed by atoms with Crippen LogP contribution < -0.4 is 15.5 Å². The van der Waals surface area contributed by atoms with Gasteiger partial charge < -0.3 is 20.4 Å². The fourth-order valence-electron chi connectivity index (χ4n) is 7.29. The zero-order valence-electron chi connectivity index (χ0n) is 21.5. The van der Waals surface area contributed by atoms with Gasteiger partial charge in [0.05, 0.1) is 12.6 Å². The maximum Gasteiger partial charge on any atom is 0.239 e. The first-order valence-electron chi connectivity index (χ1n) is 14.2. The van der Waals surface area contributed by atoms with E-state index in [-0.39, 0.29) is 17.9 Å². The molecule has 2 aliphatic heterocycles. The number of amides is 2. The Labute approximate surface area is 211 Å².